The topological polar surface area (TPSA) is 11.4 Å². The summed E-state index contributed by atoms with van der Waals surface area (Å²) in [5.74, 6) is 0. The highest BCUT2D eigenvalue weighted by Gasteiger charge is 2.38. The fourth-order valence-electron chi connectivity index (χ4n) is 8.73. The molecule has 9 aromatic rings. The van der Waals surface area contributed by atoms with Gasteiger partial charge in [0.25, 0.3) is 0 Å². The lowest BCUT2D eigenvalue weighted by atomic mass is 9.82. The number of hydrogen-bond acceptors (Lipinski definition) is 2. The zero-order valence-corrected chi connectivity index (χ0v) is 30.4. The van der Waals surface area contributed by atoms with Gasteiger partial charge in [0, 0.05) is 44.5 Å². The predicted octanol–water partition coefficient (Wildman–Crippen LogP) is 14.0. The van der Waals surface area contributed by atoms with Crippen LogP contribution in [0.25, 0.3) is 38.6 Å². The zero-order chi connectivity index (χ0) is 36.2. The molecule has 258 valence electrons. The lowest BCUT2D eigenvalue weighted by Crippen LogP contribution is -2.16. The monoisotopic (exact) mass is 693 g/mol. The second-order valence-electron chi connectivity index (χ2n) is 14.6. The first-order valence-electron chi connectivity index (χ1n) is 18.7. The van der Waals surface area contributed by atoms with E-state index >= 15 is 0 Å². The number of hydrogen-bond donors (Lipinski definition) is 0. The van der Waals surface area contributed by atoms with Crippen molar-refractivity contribution >= 4 is 55.9 Å². The van der Waals surface area contributed by atoms with Crippen LogP contribution in [0.4, 0.5) is 34.1 Å². The summed E-state index contributed by atoms with van der Waals surface area (Å²) >= 11 is 0. The average molecular weight is 694 g/mol. The Labute approximate surface area is 316 Å². The third-order valence-electron chi connectivity index (χ3n) is 11.1. The molecule has 0 spiro atoms. The minimum atomic E-state index is -0.128. The van der Waals surface area contributed by atoms with Gasteiger partial charge in [0.05, 0.1) is 28.1 Å². The molecule has 0 saturated heterocycles. The molecule has 0 atom stereocenters. The Hall–Kier alpha value is -6.84. The largest absolute Gasteiger partial charge is 0.310 e. The lowest BCUT2D eigenvalue weighted by Gasteiger charge is -2.31. The molecule has 0 N–H and O–H groups in total. The van der Waals surface area contributed by atoms with E-state index in [2.05, 4.69) is 228 Å². The number of aromatic nitrogens is 1. The van der Waals surface area contributed by atoms with Crippen LogP contribution in [0.1, 0.15) is 25.0 Å². The van der Waals surface area contributed by atoms with Crippen LogP contribution in [0, 0.1) is 0 Å². The molecule has 1 aliphatic rings. The maximum Gasteiger partial charge on any atom is 0.0583 e. The fraction of sp³-hybridized carbons (Fsp3) is 0.0588. The van der Waals surface area contributed by atoms with Crippen LogP contribution in [0.15, 0.2) is 200 Å². The molecular weight excluding hydrogens is 655 g/mol. The predicted molar refractivity (Wildman–Crippen MR) is 228 cm³/mol. The molecule has 0 aliphatic heterocycles. The highest BCUT2D eigenvalue weighted by Crippen LogP contribution is 2.55. The summed E-state index contributed by atoms with van der Waals surface area (Å²) in [5.41, 5.74) is 15.2. The van der Waals surface area contributed by atoms with Gasteiger partial charge in [-0.05, 0) is 89.5 Å². The molecule has 8 aromatic carbocycles. The lowest BCUT2D eigenvalue weighted by molar-refractivity contribution is 0.660. The maximum atomic E-state index is 2.47. The van der Waals surface area contributed by atoms with Gasteiger partial charge in [-0.15, -0.1) is 0 Å². The molecular formula is C51H39N3. The van der Waals surface area contributed by atoms with Gasteiger partial charge in [0.15, 0.2) is 0 Å². The number of rotatable bonds is 7. The standard InChI is InChI=1S/C51H39N3/c1-51(2)43-30-17-15-28-41(43)49-44(51)31-19-33-46(49)53(38-24-11-5-12-25-38)40-34-47(52(36-20-7-3-8-21-36)37-22-9-4-10-23-37)50-42-29-16-18-32-45(42)54(48(50)35-40)39-26-13-6-14-27-39/h3-35H,1-2H3. The Bertz CT molecular complexity index is 2750. The molecule has 0 bridgehead atoms. The highest BCUT2D eigenvalue weighted by atomic mass is 15.2. The third kappa shape index (κ3) is 4.97. The van der Waals surface area contributed by atoms with Crippen molar-refractivity contribution in [2.75, 3.05) is 9.80 Å². The van der Waals surface area contributed by atoms with E-state index in [1.165, 1.54) is 38.5 Å². The van der Waals surface area contributed by atoms with Gasteiger partial charge in [-0.1, -0.05) is 141 Å². The molecule has 1 aliphatic carbocycles. The number of benzene rings is 8. The molecule has 0 saturated carbocycles. The maximum absolute atomic E-state index is 2.47. The van der Waals surface area contributed by atoms with E-state index < -0.39 is 0 Å². The van der Waals surface area contributed by atoms with Gasteiger partial charge in [-0.3, -0.25) is 0 Å². The van der Waals surface area contributed by atoms with Crippen molar-refractivity contribution in [3.05, 3.63) is 211 Å². The molecule has 3 nitrogen and oxygen atoms in total. The second-order valence-corrected chi connectivity index (χ2v) is 14.6. The van der Waals surface area contributed by atoms with Crippen LogP contribution in [0.2, 0.25) is 0 Å². The van der Waals surface area contributed by atoms with Gasteiger partial charge in [-0.2, -0.15) is 0 Å². The molecule has 1 aromatic heterocycles. The summed E-state index contributed by atoms with van der Waals surface area (Å²) in [6.45, 7) is 4.71. The number of anilines is 6. The van der Waals surface area contributed by atoms with Crippen molar-refractivity contribution in [3.8, 4) is 16.8 Å². The Balaban J connectivity index is 1.36. The molecule has 0 amide bonds. The smallest absolute Gasteiger partial charge is 0.0583 e. The minimum absolute atomic E-state index is 0.128. The van der Waals surface area contributed by atoms with Crippen LogP contribution in [-0.4, -0.2) is 4.57 Å². The Kier molecular flexibility index (Phi) is 7.48. The van der Waals surface area contributed by atoms with Gasteiger partial charge in [0.1, 0.15) is 0 Å². The van der Waals surface area contributed by atoms with E-state index in [0.717, 1.165) is 45.3 Å². The summed E-state index contributed by atoms with van der Waals surface area (Å²) in [7, 11) is 0. The van der Waals surface area contributed by atoms with E-state index in [-0.39, 0.29) is 5.41 Å². The summed E-state index contributed by atoms with van der Waals surface area (Å²) in [4.78, 5) is 4.89. The Morgan fingerprint density at radius 2 is 0.926 bits per heavy atom. The van der Waals surface area contributed by atoms with Gasteiger partial charge in [-0.25, -0.2) is 0 Å². The van der Waals surface area contributed by atoms with Gasteiger partial charge >= 0.3 is 0 Å². The van der Waals surface area contributed by atoms with Crippen molar-refractivity contribution in [1.29, 1.82) is 0 Å². The Morgan fingerprint density at radius 1 is 0.407 bits per heavy atom. The summed E-state index contributed by atoms with van der Waals surface area (Å²) in [6, 6.07) is 72.6. The van der Waals surface area contributed by atoms with Crippen LogP contribution in [0.3, 0.4) is 0 Å². The molecule has 0 radical (unpaired) electrons. The zero-order valence-electron chi connectivity index (χ0n) is 30.4. The number of para-hydroxylation sites is 5. The van der Waals surface area contributed by atoms with Gasteiger partial charge < -0.3 is 14.4 Å². The molecule has 1 heterocycles. The SMILES string of the molecule is CC1(C)c2ccccc2-c2c(N(c3ccccc3)c3cc(N(c4ccccc4)c4ccccc4)c4c5ccccc5n(-c5ccccc5)c4c3)cccc21. The molecule has 54 heavy (non-hydrogen) atoms. The molecule has 3 heteroatoms. The average Bonchev–Trinajstić information content (AvgIpc) is 3.68. The summed E-state index contributed by atoms with van der Waals surface area (Å²) in [5, 5.41) is 2.40. The van der Waals surface area contributed by atoms with Gasteiger partial charge in [0.2, 0.25) is 0 Å². The van der Waals surface area contributed by atoms with Crippen LogP contribution >= 0.6 is 0 Å². The van der Waals surface area contributed by atoms with Crippen LogP contribution in [0.5, 0.6) is 0 Å². The first-order chi connectivity index (χ1) is 26.6. The third-order valence-corrected chi connectivity index (χ3v) is 11.1. The minimum Gasteiger partial charge on any atom is -0.310 e. The van der Waals surface area contributed by atoms with E-state index in [1.54, 1.807) is 0 Å². The van der Waals surface area contributed by atoms with E-state index in [4.69, 9.17) is 0 Å². The summed E-state index contributed by atoms with van der Waals surface area (Å²) in [6.07, 6.45) is 0. The molecule has 0 fully saturated rings. The first kappa shape index (κ1) is 31.9. The van der Waals surface area contributed by atoms with Crippen molar-refractivity contribution in [2.24, 2.45) is 0 Å². The quantitative estimate of drug-likeness (QED) is 0.165. The molecule has 10 rings (SSSR count). The molecule has 0 unspecified atom stereocenters. The fourth-order valence-corrected chi connectivity index (χ4v) is 8.73. The van der Waals surface area contributed by atoms with E-state index in [9.17, 15) is 0 Å². The first-order valence-corrected chi connectivity index (χ1v) is 18.7. The summed E-state index contributed by atoms with van der Waals surface area (Å²) < 4.78 is 2.43. The normalized spacial score (nSPS) is 12.8. The van der Waals surface area contributed by atoms with E-state index in [0.29, 0.717) is 0 Å². The van der Waals surface area contributed by atoms with Crippen molar-refractivity contribution in [2.45, 2.75) is 19.3 Å². The van der Waals surface area contributed by atoms with Crippen LogP contribution < -0.4 is 9.80 Å². The number of nitrogens with zero attached hydrogens (tertiary/aromatic N) is 3. The number of fused-ring (bicyclic) bond motifs is 6. The van der Waals surface area contributed by atoms with Crippen molar-refractivity contribution in [3.63, 3.8) is 0 Å². The van der Waals surface area contributed by atoms with Crippen LogP contribution in [-0.2, 0) is 5.41 Å². The second kappa shape index (κ2) is 12.7. The van der Waals surface area contributed by atoms with Crippen molar-refractivity contribution < 1.29 is 0 Å². The van der Waals surface area contributed by atoms with E-state index in [1.807, 2.05) is 0 Å². The van der Waals surface area contributed by atoms with Crippen molar-refractivity contribution in [1.82, 2.24) is 4.57 Å². The Morgan fingerprint density at radius 3 is 1.57 bits per heavy atom. The highest BCUT2D eigenvalue weighted by molar-refractivity contribution is 6.18.